The number of aryl methyl sites for hydroxylation is 2. The van der Waals surface area contributed by atoms with Crippen LogP contribution in [0.1, 0.15) is 51.1 Å². The summed E-state index contributed by atoms with van der Waals surface area (Å²) in [6, 6.07) is 13.8. The molecule has 0 aliphatic carbocycles. The molecule has 2 aromatic carbocycles. The molecule has 0 unspecified atom stereocenters. The highest BCUT2D eigenvalue weighted by atomic mass is 16.5. The van der Waals surface area contributed by atoms with Gasteiger partial charge in [0.1, 0.15) is 28.8 Å². The van der Waals surface area contributed by atoms with Crippen LogP contribution in [-0.4, -0.2) is 73.0 Å². The number of likely N-dealkylation sites (tertiary alicyclic amines) is 1. The van der Waals surface area contributed by atoms with Crippen molar-refractivity contribution < 1.29 is 33.0 Å². The molecule has 1 N–H and O–H groups in total. The Morgan fingerprint density at radius 1 is 1.10 bits per heavy atom. The molecule has 2 aliphatic heterocycles. The molecule has 0 radical (unpaired) electrons. The van der Waals surface area contributed by atoms with Gasteiger partial charge in [-0.05, 0) is 63.1 Å². The fourth-order valence-corrected chi connectivity index (χ4v) is 5.27. The number of hydrogen-bond acceptors (Lipinski definition) is 7. The lowest BCUT2D eigenvalue weighted by molar-refractivity contribution is -0.124. The Kier molecular flexibility index (Phi) is 8.30. The molecular weight excluding hydrogens is 526 g/mol. The molecule has 1 aromatic heterocycles. The lowest BCUT2D eigenvalue weighted by atomic mass is 10.0. The summed E-state index contributed by atoms with van der Waals surface area (Å²) in [6.07, 6.45) is 0.192. The van der Waals surface area contributed by atoms with Gasteiger partial charge in [-0.2, -0.15) is 0 Å². The Labute approximate surface area is 239 Å². The normalized spacial score (nSPS) is 19.7. The van der Waals surface area contributed by atoms with E-state index < -0.39 is 6.04 Å². The Balaban J connectivity index is 1.43. The molecule has 1 fully saturated rings. The number of carbonyl (C=O) groups is 3. The monoisotopic (exact) mass is 561 g/mol. The van der Waals surface area contributed by atoms with Gasteiger partial charge < -0.3 is 33.7 Å². The van der Waals surface area contributed by atoms with Gasteiger partial charge in [0.25, 0.3) is 11.8 Å². The Bertz CT molecular complexity index is 1450. The van der Waals surface area contributed by atoms with E-state index in [1.165, 1.54) is 4.90 Å². The highest BCUT2D eigenvalue weighted by Gasteiger charge is 2.35. The van der Waals surface area contributed by atoms with E-state index >= 15 is 0 Å². The number of piperidine rings is 1. The van der Waals surface area contributed by atoms with Crippen molar-refractivity contribution in [2.75, 3.05) is 33.3 Å². The van der Waals surface area contributed by atoms with Gasteiger partial charge >= 0.3 is 0 Å². The smallest absolute Gasteiger partial charge is 0.257 e. The van der Waals surface area contributed by atoms with Gasteiger partial charge in [-0.25, -0.2) is 0 Å². The number of ether oxygens (including phenoxy) is 3. The lowest BCUT2D eigenvalue weighted by Crippen LogP contribution is -2.58. The minimum absolute atomic E-state index is 0.152. The summed E-state index contributed by atoms with van der Waals surface area (Å²) in [5, 5.41) is 3.03. The zero-order valence-corrected chi connectivity index (χ0v) is 23.8. The summed E-state index contributed by atoms with van der Waals surface area (Å²) in [6.45, 7) is 6.70. The standard InChI is InChI=1S/C31H35N3O7/c1-5-38-24-13-22-14-25(15-24)41-23-8-6-7-21(12-23)18-39-28-9-10-34(31(37)26-11-19(2)40-20(26)3)16-27(28)32-29(35)17-33(4)30(22)36/h6-8,11-15,27-28H,5,9-10,16-18H2,1-4H3,(H,32,35)/t27-,28+/m0/s1. The van der Waals surface area contributed by atoms with Gasteiger partial charge in [-0.1, -0.05) is 12.1 Å². The van der Waals surface area contributed by atoms with Crippen LogP contribution in [0.2, 0.25) is 0 Å². The van der Waals surface area contributed by atoms with Crippen molar-refractivity contribution >= 4 is 17.7 Å². The molecule has 0 saturated carbocycles. The number of fused-ring (bicyclic) bond motifs is 5. The first-order chi connectivity index (χ1) is 19.7. The molecule has 216 valence electrons. The number of rotatable bonds is 3. The maximum absolute atomic E-state index is 13.3. The summed E-state index contributed by atoms with van der Waals surface area (Å²) >= 11 is 0. The van der Waals surface area contributed by atoms with E-state index in [1.807, 2.05) is 31.2 Å². The van der Waals surface area contributed by atoms with Crippen LogP contribution in [0.15, 0.2) is 52.9 Å². The van der Waals surface area contributed by atoms with Crippen molar-refractivity contribution in [3.8, 4) is 17.2 Å². The Morgan fingerprint density at radius 3 is 2.68 bits per heavy atom. The van der Waals surface area contributed by atoms with Crippen LogP contribution in [0, 0.1) is 13.8 Å². The summed E-state index contributed by atoms with van der Waals surface area (Å²) < 4.78 is 23.7. The maximum Gasteiger partial charge on any atom is 0.257 e. The van der Waals surface area contributed by atoms with Crippen LogP contribution in [0.25, 0.3) is 0 Å². The number of nitrogens with one attached hydrogen (secondary N) is 1. The molecule has 0 spiro atoms. The van der Waals surface area contributed by atoms with Crippen LogP contribution in [0.4, 0.5) is 0 Å². The molecule has 10 nitrogen and oxygen atoms in total. The number of hydrogen-bond donors (Lipinski definition) is 1. The Hall–Kier alpha value is -4.31. The summed E-state index contributed by atoms with van der Waals surface area (Å²) in [7, 11) is 1.57. The van der Waals surface area contributed by atoms with Gasteiger partial charge in [0, 0.05) is 31.8 Å². The average molecular weight is 562 g/mol. The number of furan rings is 1. The third kappa shape index (κ3) is 6.54. The minimum atomic E-state index is -0.475. The van der Waals surface area contributed by atoms with Crippen molar-refractivity contribution in [2.45, 2.75) is 45.9 Å². The van der Waals surface area contributed by atoms with Crippen LogP contribution in [-0.2, 0) is 16.1 Å². The van der Waals surface area contributed by atoms with E-state index in [4.69, 9.17) is 18.6 Å². The summed E-state index contributed by atoms with van der Waals surface area (Å²) in [4.78, 5) is 42.9. The van der Waals surface area contributed by atoms with Crippen molar-refractivity contribution in [3.05, 3.63) is 76.7 Å². The average Bonchev–Trinajstić information content (AvgIpc) is 3.28. The second kappa shape index (κ2) is 12.1. The third-order valence-electron chi connectivity index (χ3n) is 7.22. The summed E-state index contributed by atoms with van der Waals surface area (Å²) in [5.41, 5.74) is 1.74. The minimum Gasteiger partial charge on any atom is -0.494 e. The van der Waals surface area contributed by atoms with Crippen LogP contribution in [0.5, 0.6) is 17.2 Å². The van der Waals surface area contributed by atoms with Gasteiger partial charge in [-0.3, -0.25) is 14.4 Å². The zero-order chi connectivity index (χ0) is 29.1. The van der Waals surface area contributed by atoms with E-state index in [0.717, 1.165) is 5.56 Å². The molecule has 10 heteroatoms. The van der Waals surface area contributed by atoms with Crippen molar-refractivity contribution in [1.82, 2.24) is 15.1 Å². The van der Waals surface area contributed by atoms with E-state index in [0.29, 0.717) is 66.1 Å². The van der Waals surface area contributed by atoms with Gasteiger partial charge in [0.15, 0.2) is 0 Å². The van der Waals surface area contributed by atoms with E-state index in [1.54, 1.807) is 50.1 Å². The molecule has 2 atom stereocenters. The number of likely N-dealkylation sites (N-methyl/N-ethyl adjacent to an activating group) is 1. The SMILES string of the molecule is CCOc1cc2cc(c1)C(=O)N(C)CC(=O)N[C@H]1CN(C(=O)c3cc(C)oc3C)CC[C@H]1OCc1cccc(c1)O2. The van der Waals surface area contributed by atoms with Gasteiger partial charge in [0.2, 0.25) is 5.91 Å². The molecule has 2 aliphatic rings. The largest absolute Gasteiger partial charge is 0.494 e. The predicted molar refractivity (Wildman–Crippen MR) is 150 cm³/mol. The fraction of sp³-hybridized carbons (Fsp3) is 0.387. The molecule has 5 rings (SSSR count). The molecule has 4 bridgehead atoms. The highest BCUT2D eigenvalue weighted by Crippen LogP contribution is 2.29. The Morgan fingerprint density at radius 2 is 1.93 bits per heavy atom. The fourth-order valence-electron chi connectivity index (χ4n) is 5.27. The number of nitrogens with zero attached hydrogens (tertiary/aromatic N) is 2. The molecular formula is C31H35N3O7. The number of carbonyl (C=O) groups excluding carboxylic acids is 3. The predicted octanol–water partition coefficient (Wildman–Crippen LogP) is 4.09. The first-order valence-corrected chi connectivity index (χ1v) is 13.8. The van der Waals surface area contributed by atoms with Crippen molar-refractivity contribution in [3.63, 3.8) is 0 Å². The summed E-state index contributed by atoms with van der Waals surface area (Å²) in [5.74, 6) is 1.90. The molecule has 1 saturated heterocycles. The van der Waals surface area contributed by atoms with Crippen molar-refractivity contribution in [1.29, 1.82) is 0 Å². The number of amides is 3. The first kappa shape index (κ1) is 28.2. The zero-order valence-electron chi connectivity index (χ0n) is 23.8. The van der Waals surface area contributed by atoms with Crippen molar-refractivity contribution in [2.24, 2.45) is 0 Å². The van der Waals surface area contributed by atoms with Crippen LogP contribution >= 0.6 is 0 Å². The number of benzene rings is 2. The third-order valence-corrected chi connectivity index (χ3v) is 7.22. The van der Waals surface area contributed by atoms with Crippen LogP contribution in [0.3, 0.4) is 0 Å². The quantitative estimate of drug-likeness (QED) is 0.513. The van der Waals surface area contributed by atoms with E-state index in [9.17, 15) is 14.4 Å². The van der Waals surface area contributed by atoms with Gasteiger partial charge in [-0.15, -0.1) is 0 Å². The molecule has 41 heavy (non-hydrogen) atoms. The first-order valence-electron chi connectivity index (χ1n) is 13.8. The van der Waals surface area contributed by atoms with Crippen LogP contribution < -0.4 is 14.8 Å². The topological polar surface area (TPSA) is 111 Å². The van der Waals surface area contributed by atoms with Gasteiger partial charge in [0.05, 0.1) is 37.5 Å². The highest BCUT2D eigenvalue weighted by molar-refractivity contribution is 5.97. The second-order valence-corrected chi connectivity index (χ2v) is 10.4. The molecule has 3 heterocycles. The lowest BCUT2D eigenvalue weighted by Gasteiger charge is -2.39. The maximum atomic E-state index is 13.3. The van der Waals surface area contributed by atoms with E-state index in [2.05, 4.69) is 5.32 Å². The van der Waals surface area contributed by atoms with E-state index in [-0.39, 0.29) is 36.9 Å². The molecule has 3 aromatic rings. The second-order valence-electron chi connectivity index (χ2n) is 10.4. The molecule has 3 amide bonds.